The second-order valence-corrected chi connectivity index (χ2v) is 6.14. The van der Waals surface area contributed by atoms with E-state index in [1.165, 1.54) is 83.8 Å². The molecular weight excluding hydrogens is 222 g/mol. The molecule has 1 saturated heterocycles. The van der Waals surface area contributed by atoms with Crippen LogP contribution in [0.15, 0.2) is 0 Å². The summed E-state index contributed by atoms with van der Waals surface area (Å²) in [6, 6.07) is 0. The Bertz CT molecular complexity index is 205. The average Bonchev–Trinajstić information content (AvgIpc) is 2.42. The third-order valence-corrected chi connectivity index (χ3v) is 4.55. The van der Waals surface area contributed by atoms with Gasteiger partial charge in [0.2, 0.25) is 0 Å². The number of piperidine rings is 1. The van der Waals surface area contributed by atoms with Crippen LogP contribution >= 0.6 is 0 Å². The van der Waals surface area contributed by atoms with Gasteiger partial charge in [0.15, 0.2) is 0 Å². The van der Waals surface area contributed by atoms with Crippen LogP contribution < -0.4 is 0 Å². The van der Waals surface area contributed by atoms with Crippen molar-refractivity contribution in [2.75, 3.05) is 19.6 Å². The quantitative estimate of drug-likeness (QED) is 0.664. The van der Waals surface area contributed by atoms with Crippen LogP contribution in [-0.4, -0.2) is 36.7 Å². The second-order valence-electron chi connectivity index (χ2n) is 6.14. The summed E-state index contributed by atoms with van der Waals surface area (Å²) in [5, 5.41) is 0. The second kappa shape index (κ2) is 8.16. The molecule has 1 heterocycles. The lowest BCUT2D eigenvalue weighted by Gasteiger charge is -2.34. The Labute approximate surface area is 113 Å². The van der Waals surface area contributed by atoms with E-state index in [0.717, 1.165) is 0 Å². The lowest BCUT2D eigenvalue weighted by Crippen LogP contribution is -2.39. The first kappa shape index (κ1) is 14.3. The lowest BCUT2D eigenvalue weighted by atomic mass is 9.97. The van der Waals surface area contributed by atoms with Crippen LogP contribution in [0.2, 0.25) is 0 Å². The van der Waals surface area contributed by atoms with Gasteiger partial charge in [0.1, 0.15) is 0 Å². The highest BCUT2D eigenvalue weighted by molar-refractivity contribution is 4.75. The first-order valence-electron chi connectivity index (χ1n) is 8.26. The molecule has 1 aliphatic heterocycles. The largest absolute Gasteiger partial charge is 0.375 e. The van der Waals surface area contributed by atoms with Crippen molar-refractivity contribution in [2.24, 2.45) is 0 Å². The van der Waals surface area contributed by atoms with E-state index in [9.17, 15) is 0 Å². The van der Waals surface area contributed by atoms with Gasteiger partial charge in [0.05, 0.1) is 12.2 Å². The van der Waals surface area contributed by atoms with E-state index in [4.69, 9.17) is 4.74 Å². The van der Waals surface area contributed by atoms with Crippen LogP contribution in [0.5, 0.6) is 0 Å². The monoisotopic (exact) mass is 253 g/mol. The van der Waals surface area contributed by atoms with Crippen LogP contribution in [0.4, 0.5) is 0 Å². The summed E-state index contributed by atoms with van der Waals surface area (Å²) in [7, 11) is 0. The Hall–Kier alpha value is -0.0800. The van der Waals surface area contributed by atoms with Gasteiger partial charge in [-0.1, -0.05) is 39.0 Å². The highest BCUT2D eigenvalue weighted by atomic mass is 16.5. The van der Waals surface area contributed by atoms with E-state index >= 15 is 0 Å². The minimum atomic E-state index is 0.565. The van der Waals surface area contributed by atoms with Crippen LogP contribution in [0.3, 0.4) is 0 Å². The van der Waals surface area contributed by atoms with Gasteiger partial charge in [0.25, 0.3) is 0 Å². The van der Waals surface area contributed by atoms with Crippen LogP contribution in [0.1, 0.15) is 71.1 Å². The van der Waals surface area contributed by atoms with Crippen LogP contribution in [0, 0.1) is 0 Å². The molecule has 0 aromatic rings. The van der Waals surface area contributed by atoms with E-state index in [2.05, 4.69) is 11.8 Å². The Morgan fingerprint density at radius 2 is 1.56 bits per heavy atom. The third kappa shape index (κ3) is 4.89. The van der Waals surface area contributed by atoms with Crippen molar-refractivity contribution in [1.82, 2.24) is 4.90 Å². The first-order valence-corrected chi connectivity index (χ1v) is 8.26. The number of unbranched alkanes of at least 4 members (excludes halogenated alkanes) is 2. The fourth-order valence-electron chi connectivity index (χ4n) is 3.33. The SMILES string of the molecule is CCCCCN1CCC(OC2CCCCC2)CC1. The van der Waals surface area contributed by atoms with Gasteiger partial charge in [-0.05, 0) is 38.6 Å². The predicted molar refractivity (Wildman–Crippen MR) is 76.9 cm³/mol. The molecule has 0 bridgehead atoms. The maximum Gasteiger partial charge on any atom is 0.0603 e. The number of nitrogens with zero attached hydrogens (tertiary/aromatic N) is 1. The topological polar surface area (TPSA) is 12.5 Å². The molecule has 0 amide bonds. The van der Waals surface area contributed by atoms with E-state index < -0.39 is 0 Å². The maximum atomic E-state index is 6.28. The zero-order chi connectivity index (χ0) is 12.6. The van der Waals surface area contributed by atoms with Crippen molar-refractivity contribution in [2.45, 2.75) is 83.3 Å². The highest BCUT2D eigenvalue weighted by Crippen LogP contribution is 2.24. The number of hydrogen-bond acceptors (Lipinski definition) is 2. The molecule has 0 aromatic carbocycles. The minimum Gasteiger partial charge on any atom is -0.375 e. The van der Waals surface area contributed by atoms with E-state index in [1.54, 1.807) is 0 Å². The molecule has 1 saturated carbocycles. The standard InChI is InChI=1S/C16H31NO/c1-2-3-7-12-17-13-10-16(11-14-17)18-15-8-5-4-6-9-15/h15-16H,2-14H2,1H3. The molecule has 1 aliphatic carbocycles. The molecule has 2 heteroatoms. The van der Waals surface area contributed by atoms with Crippen LogP contribution in [-0.2, 0) is 4.74 Å². The number of rotatable bonds is 6. The van der Waals surface area contributed by atoms with Gasteiger partial charge in [-0.25, -0.2) is 0 Å². The molecule has 2 nitrogen and oxygen atoms in total. The minimum absolute atomic E-state index is 0.565. The molecule has 2 rings (SSSR count). The molecule has 106 valence electrons. The molecule has 18 heavy (non-hydrogen) atoms. The summed E-state index contributed by atoms with van der Waals surface area (Å²) in [5.74, 6) is 0. The summed E-state index contributed by atoms with van der Waals surface area (Å²) in [6.45, 7) is 6.12. The summed E-state index contributed by atoms with van der Waals surface area (Å²) in [4.78, 5) is 2.64. The Morgan fingerprint density at radius 1 is 0.889 bits per heavy atom. The van der Waals surface area contributed by atoms with Crippen LogP contribution in [0.25, 0.3) is 0 Å². The Morgan fingerprint density at radius 3 is 2.22 bits per heavy atom. The maximum absolute atomic E-state index is 6.28. The fourth-order valence-corrected chi connectivity index (χ4v) is 3.33. The summed E-state index contributed by atoms with van der Waals surface area (Å²) in [5.41, 5.74) is 0. The van der Waals surface area contributed by atoms with Gasteiger partial charge in [-0.15, -0.1) is 0 Å². The zero-order valence-corrected chi connectivity index (χ0v) is 12.2. The molecule has 0 radical (unpaired) electrons. The van der Waals surface area contributed by atoms with Gasteiger partial charge in [-0.3, -0.25) is 0 Å². The van der Waals surface area contributed by atoms with Crippen molar-refractivity contribution < 1.29 is 4.74 Å². The Kier molecular flexibility index (Phi) is 6.50. The molecule has 0 unspecified atom stereocenters. The molecule has 0 aromatic heterocycles. The predicted octanol–water partition coefficient (Wildman–Crippen LogP) is 3.99. The molecule has 0 spiro atoms. The van der Waals surface area contributed by atoms with E-state index in [1.807, 2.05) is 0 Å². The van der Waals surface area contributed by atoms with Crippen molar-refractivity contribution in [3.8, 4) is 0 Å². The molecule has 2 aliphatic rings. The smallest absolute Gasteiger partial charge is 0.0603 e. The van der Waals surface area contributed by atoms with Gasteiger partial charge >= 0.3 is 0 Å². The van der Waals surface area contributed by atoms with Crippen molar-refractivity contribution in [1.29, 1.82) is 0 Å². The number of ether oxygens (including phenoxy) is 1. The summed E-state index contributed by atoms with van der Waals surface area (Å²) < 4.78 is 6.28. The van der Waals surface area contributed by atoms with Gasteiger partial charge < -0.3 is 9.64 Å². The molecular formula is C16H31NO. The normalized spacial score (nSPS) is 24.5. The van der Waals surface area contributed by atoms with E-state index in [0.29, 0.717) is 12.2 Å². The molecule has 0 N–H and O–H groups in total. The lowest BCUT2D eigenvalue weighted by molar-refractivity contribution is -0.0557. The molecule has 2 fully saturated rings. The average molecular weight is 253 g/mol. The summed E-state index contributed by atoms with van der Waals surface area (Å²) in [6.07, 6.45) is 14.6. The number of hydrogen-bond donors (Lipinski definition) is 0. The van der Waals surface area contributed by atoms with Gasteiger partial charge in [0, 0.05) is 13.1 Å². The van der Waals surface area contributed by atoms with Crippen molar-refractivity contribution >= 4 is 0 Å². The zero-order valence-electron chi connectivity index (χ0n) is 12.2. The number of likely N-dealkylation sites (tertiary alicyclic amines) is 1. The van der Waals surface area contributed by atoms with Crippen molar-refractivity contribution in [3.63, 3.8) is 0 Å². The Balaban J connectivity index is 1.57. The fraction of sp³-hybridized carbons (Fsp3) is 1.00. The highest BCUT2D eigenvalue weighted by Gasteiger charge is 2.23. The van der Waals surface area contributed by atoms with E-state index in [-0.39, 0.29) is 0 Å². The first-order chi connectivity index (χ1) is 8.88. The van der Waals surface area contributed by atoms with Gasteiger partial charge in [-0.2, -0.15) is 0 Å². The van der Waals surface area contributed by atoms with Crippen molar-refractivity contribution in [3.05, 3.63) is 0 Å². The third-order valence-electron chi connectivity index (χ3n) is 4.55. The molecule has 0 atom stereocenters. The summed E-state index contributed by atoms with van der Waals surface area (Å²) >= 11 is 0.